The van der Waals surface area contributed by atoms with E-state index in [0.29, 0.717) is 30.4 Å². The summed E-state index contributed by atoms with van der Waals surface area (Å²) in [4.78, 5) is 11.9. The minimum atomic E-state index is -0.0201. The molecular weight excluding hydrogens is 292 g/mol. The number of rotatable bonds is 7. The number of methoxy groups -OCH3 is 2. The van der Waals surface area contributed by atoms with E-state index in [2.05, 4.69) is 5.32 Å². The van der Waals surface area contributed by atoms with E-state index in [1.54, 1.807) is 20.3 Å². The van der Waals surface area contributed by atoms with E-state index in [-0.39, 0.29) is 24.4 Å². The number of amides is 1. The van der Waals surface area contributed by atoms with Crippen molar-refractivity contribution in [3.05, 3.63) is 23.8 Å². The maximum atomic E-state index is 11.9. The van der Waals surface area contributed by atoms with Crippen LogP contribution in [0.3, 0.4) is 0 Å². The van der Waals surface area contributed by atoms with Crippen LogP contribution in [0.2, 0.25) is 0 Å². The van der Waals surface area contributed by atoms with Gasteiger partial charge < -0.3 is 20.5 Å². The Morgan fingerprint density at radius 1 is 1.33 bits per heavy atom. The maximum absolute atomic E-state index is 11.9. The van der Waals surface area contributed by atoms with Crippen molar-refractivity contribution >= 4 is 18.3 Å². The van der Waals surface area contributed by atoms with Crippen molar-refractivity contribution in [3.8, 4) is 11.5 Å². The Balaban J connectivity index is 0.00000220. The molecule has 6 heteroatoms. The molecule has 0 spiro atoms. The Kier molecular flexibility index (Phi) is 6.78. The Morgan fingerprint density at radius 3 is 2.57 bits per heavy atom. The van der Waals surface area contributed by atoms with Gasteiger partial charge in [-0.1, -0.05) is 6.07 Å². The van der Waals surface area contributed by atoms with Crippen LogP contribution in [0.5, 0.6) is 11.5 Å². The fourth-order valence-electron chi connectivity index (χ4n) is 2.16. The summed E-state index contributed by atoms with van der Waals surface area (Å²) in [6, 6.07) is 5.57. The molecule has 0 saturated heterocycles. The number of ether oxygens (including phenoxy) is 2. The average molecular weight is 315 g/mol. The van der Waals surface area contributed by atoms with Crippen LogP contribution >= 0.6 is 12.4 Å². The van der Waals surface area contributed by atoms with Gasteiger partial charge in [0.05, 0.1) is 20.6 Å². The molecule has 1 aromatic rings. The SMILES string of the molecule is COc1ccc(CC(=O)NCC(N)C2CC2)cc1OC.Cl. The molecule has 5 nitrogen and oxygen atoms in total. The van der Waals surface area contributed by atoms with Crippen molar-refractivity contribution in [1.29, 1.82) is 0 Å². The van der Waals surface area contributed by atoms with Crippen molar-refractivity contribution in [2.24, 2.45) is 11.7 Å². The third kappa shape index (κ3) is 5.10. The number of carbonyl (C=O) groups excluding carboxylic acids is 1. The van der Waals surface area contributed by atoms with Crippen LogP contribution in [0, 0.1) is 5.92 Å². The van der Waals surface area contributed by atoms with Gasteiger partial charge in [0.1, 0.15) is 0 Å². The molecule has 0 aromatic heterocycles. The first kappa shape index (κ1) is 17.6. The predicted molar refractivity (Wildman–Crippen MR) is 84.2 cm³/mol. The molecule has 1 fully saturated rings. The monoisotopic (exact) mass is 314 g/mol. The topological polar surface area (TPSA) is 73.6 Å². The van der Waals surface area contributed by atoms with Crippen LogP contribution in [0.4, 0.5) is 0 Å². The first-order valence-corrected chi connectivity index (χ1v) is 6.87. The van der Waals surface area contributed by atoms with Crippen LogP contribution in [-0.2, 0) is 11.2 Å². The Labute approximate surface area is 131 Å². The number of nitrogens with two attached hydrogens (primary N) is 1. The minimum absolute atomic E-state index is 0. The Morgan fingerprint density at radius 2 is 2.00 bits per heavy atom. The molecule has 3 N–H and O–H groups in total. The summed E-state index contributed by atoms with van der Waals surface area (Å²) >= 11 is 0. The highest BCUT2D eigenvalue weighted by Crippen LogP contribution is 2.31. The van der Waals surface area contributed by atoms with Gasteiger partial charge in [0.15, 0.2) is 11.5 Å². The quantitative estimate of drug-likeness (QED) is 0.800. The predicted octanol–water partition coefficient (Wildman–Crippen LogP) is 1.52. The van der Waals surface area contributed by atoms with Crippen molar-refractivity contribution in [3.63, 3.8) is 0 Å². The molecular formula is C15H23ClN2O3. The van der Waals surface area contributed by atoms with E-state index >= 15 is 0 Å². The van der Waals surface area contributed by atoms with E-state index in [1.165, 1.54) is 12.8 Å². The van der Waals surface area contributed by atoms with Gasteiger partial charge in [0, 0.05) is 12.6 Å². The standard InChI is InChI=1S/C15H22N2O3.ClH/c1-19-13-6-3-10(7-14(13)20-2)8-15(18)17-9-12(16)11-4-5-11;/h3,6-7,11-12H,4-5,8-9,16H2,1-2H3,(H,17,18);1H. The fourth-order valence-corrected chi connectivity index (χ4v) is 2.16. The minimum Gasteiger partial charge on any atom is -0.493 e. The van der Waals surface area contributed by atoms with Gasteiger partial charge >= 0.3 is 0 Å². The van der Waals surface area contributed by atoms with Crippen molar-refractivity contribution in [2.75, 3.05) is 20.8 Å². The molecule has 1 aliphatic carbocycles. The highest BCUT2D eigenvalue weighted by molar-refractivity contribution is 5.85. The Hall–Kier alpha value is -1.46. The summed E-state index contributed by atoms with van der Waals surface area (Å²) in [7, 11) is 3.17. The molecule has 1 unspecified atom stereocenters. The molecule has 21 heavy (non-hydrogen) atoms. The zero-order chi connectivity index (χ0) is 14.5. The van der Waals surface area contributed by atoms with Gasteiger partial charge in [0.25, 0.3) is 0 Å². The number of nitrogens with one attached hydrogen (secondary N) is 1. The summed E-state index contributed by atoms with van der Waals surface area (Å²) in [5, 5.41) is 2.88. The average Bonchev–Trinajstić information content (AvgIpc) is 3.29. The van der Waals surface area contributed by atoms with Gasteiger partial charge in [-0.15, -0.1) is 12.4 Å². The summed E-state index contributed by atoms with van der Waals surface area (Å²) in [6.07, 6.45) is 2.69. The maximum Gasteiger partial charge on any atom is 0.224 e. The lowest BCUT2D eigenvalue weighted by Gasteiger charge is -2.12. The molecule has 0 heterocycles. The van der Waals surface area contributed by atoms with Crippen molar-refractivity contribution in [2.45, 2.75) is 25.3 Å². The fraction of sp³-hybridized carbons (Fsp3) is 0.533. The number of benzene rings is 1. The van der Waals surface area contributed by atoms with Gasteiger partial charge in [-0.2, -0.15) is 0 Å². The molecule has 1 aromatic carbocycles. The third-order valence-corrected chi connectivity index (χ3v) is 3.58. The van der Waals surface area contributed by atoms with Crippen LogP contribution in [0.1, 0.15) is 18.4 Å². The van der Waals surface area contributed by atoms with E-state index in [4.69, 9.17) is 15.2 Å². The lowest BCUT2D eigenvalue weighted by molar-refractivity contribution is -0.120. The molecule has 0 aliphatic heterocycles. The molecule has 1 atom stereocenters. The van der Waals surface area contributed by atoms with Crippen molar-refractivity contribution in [1.82, 2.24) is 5.32 Å². The largest absolute Gasteiger partial charge is 0.493 e. The van der Waals surface area contributed by atoms with Crippen LogP contribution in [-0.4, -0.2) is 32.7 Å². The molecule has 0 bridgehead atoms. The number of halogens is 1. The lowest BCUT2D eigenvalue weighted by Crippen LogP contribution is -2.39. The number of carbonyl (C=O) groups is 1. The molecule has 1 saturated carbocycles. The molecule has 118 valence electrons. The van der Waals surface area contributed by atoms with E-state index < -0.39 is 0 Å². The first-order valence-electron chi connectivity index (χ1n) is 6.87. The highest BCUT2D eigenvalue weighted by Gasteiger charge is 2.28. The summed E-state index contributed by atoms with van der Waals surface area (Å²) in [5.41, 5.74) is 6.84. The summed E-state index contributed by atoms with van der Waals surface area (Å²) in [6.45, 7) is 0.552. The van der Waals surface area contributed by atoms with E-state index in [0.717, 1.165) is 5.56 Å². The summed E-state index contributed by atoms with van der Waals surface area (Å²) < 4.78 is 10.4. The van der Waals surface area contributed by atoms with E-state index in [1.807, 2.05) is 12.1 Å². The first-order chi connectivity index (χ1) is 9.63. The highest BCUT2D eigenvalue weighted by atomic mass is 35.5. The second kappa shape index (κ2) is 8.10. The zero-order valence-corrected chi connectivity index (χ0v) is 13.2. The lowest BCUT2D eigenvalue weighted by atomic mass is 10.1. The third-order valence-electron chi connectivity index (χ3n) is 3.58. The molecule has 1 amide bonds. The second-order valence-corrected chi connectivity index (χ2v) is 5.17. The summed E-state index contributed by atoms with van der Waals surface area (Å²) in [5.74, 6) is 1.87. The normalized spacial score (nSPS) is 14.8. The van der Waals surface area contributed by atoms with Gasteiger partial charge in [0.2, 0.25) is 5.91 Å². The Bertz CT molecular complexity index is 478. The van der Waals surface area contributed by atoms with Crippen LogP contribution in [0.15, 0.2) is 18.2 Å². The van der Waals surface area contributed by atoms with Crippen molar-refractivity contribution < 1.29 is 14.3 Å². The number of hydrogen-bond donors (Lipinski definition) is 2. The molecule has 1 aliphatic rings. The van der Waals surface area contributed by atoms with Crippen LogP contribution in [0.25, 0.3) is 0 Å². The zero-order valence-electron chi connectivity index (χ0n) is 12.4. The number of hydrogen-bond acceptors (Lipinski definition) is 4. The molecule has 2 rings (SSSR count). The van der Waals surface area contributed by atoms with Gasteiger partial charge in [-0.05, 0) is 36.5 Å². The second-order valence-electron chi connectivity index (χ2n) is 5.17. The van der Waals surface area contributed by atoms with Crippen LogP contribution < -0.4 is 20.5 Å². The van der Waals surface area contributed by atoms with E-state index in [9.17, 15) is 4.79 Å². The molecule has 0 radical (unpaired) electrons. The van der Waals surface area contributed by atoms with Gasteiger partial charge in [-0.3, -0.25) is 4.79 Å². The van der Waals surface area contributed by atoms with Gasteiger partial charge in [-0.25, -0.2) is 0 Å². The smallest absolute Gasteiger partial charge is 0.224 e.